The lowest BCUT2D eigenvalue weighted by atomic mass is 10.1. The Hall–Kier alpha value is -3.73. The predicted molar refractivity (Wildman–Crippen MR) is 120 cm³/mol. The van der Waals surface area contributed by atoms with Crippen molar-refractivity contribution in [3.63, 3.8) is 0 Å². The highest BCUT2D eigenvalue weighted by molar-refractivity contribution is 6.02. The number of amides is 1. The number of carbonyl (C=O) groups excluding carboxylic acids is 1. The first kappa shape index (κ1) is 19.6. The fraction of sp³-hybridized carbons (Fsp3) is 0.160. The lowest BCUT2D eigenvalue weighted by Gasteiger charge is -2.07. The maximum absolute atomic E-state index is 12.9. The fourth-order valence-electron chi connectivity index (χ4n) is 3.30. The van der Waals surface area contributed by atoms with Crippen molar-refractivity contribution in [3.05, 3.63) is 94.8 Å². The fourth-order valence-corrected chi connectivity index (χ4v) is 3.30. The van der Waals surface area contributed by atoms with E-state index in [1.54, 1.807) is 4.68 Å². The van der Waals surface area contributed by atoms with E-state index in [0.29, 0.717) is 5.82 Å². The SMILES string of the molecule is Cc1ccc(-c2nc(C(=O)Nc3ccc(C)cc3C)nn2-c2ccc(C)cc2)cc1. The van der Waals surface area contributed by atoms with E-state index in [-0.39, 0.29) is 11.7 Å². The summed E-state index contributed by atoms with van der Waals surface area (Å²) < 4.78 is 1.72. The van der Waals surface area contributed by atoms with Gasteiger partial charge in [-0.05, 0) is 51.5 Å². The number of aromatic nitrogens is 3. The van der Waals surface area contributed by atoms with Gasteiger partial charge in [-0.3, -0.25) is 4.79 Å². The largest absolute Gasteiger partial charge is 0.319 e. The molecule has 3 aromatic carbocycles. The molecule has 0 saturated heterocycles. The van der Waals surface area contributed by atoms with E-state index in [9.17, 15) is 4.79 Å². The molecular weight excluding hydrogens is 372 g/mol. The van der Waals surface area contributed by atoms with Gasteiger partial charge in [-0.2, -0.15) is 0 Å². The van der Waals surface area contributed by atoms with Crippen molar-refractivity contribution in [2.45, 2.75) is 27.7 Å². The van der Waals surface area contributed by atoms with Gasteiger partial charge < -0.3 is 5.32 Å². The summed E-state index contributed by atoms with van der Waals surface area (Å²) in [5, 5.41) is 7.48. The summed E-state index contributed by atoms with van der Waals surface area (Å²) in [6, 6.07) is 22.0. The Morgan fingerprint density at radius 3 is 2.03 bits per heavy atom. The average Bonchev–Trinajstić information content (AvgIpc) is 3.17. The van der Waals surface area contributed by atoms with Crippen LogP contribution in [-0.2, 0) is 0 Å². The number of hydrogen-bond acceptors (Lipinski definition) is 3. The molecule has 4 rings (SSSR count). The first-order valence-electron chi connectivity index (χ1n) is 9.90. The molecule has 4 aromatic rings. The Labute approximate surface area is 176 Å². The van der Waals surface area contributed by atoms with Crippen LogP contribution in [0.2, 0.25) is 0 Å². The molecule has 0 aliphatic rings. The van der Waals surface area contributed by atoms with E-state index in [2.05, 4.69) is 15.4 Å². The van der Waals surface area contributed by atoms with Gasteiger partial charge in [0.1, 0.15) is 0 Å². The lowest BCUT2D eigenvalue weighted by Crippen LogP contribution is -2.15. The number of benzene rings is 3. The van der Waals surface area contributed by atoms with Gasteiger partial charge in [0.05, 0.1) is 5.69 Å². The summed E-state index contributed by atoms with van der Waals surface area (Å²) in [5.74, 6) is 0.428. The van der Waals surface area contributed by atoms with Crippen molar-refractivity contribution in [1.29, 1.82) is 0 Å². The molecule has 1 aromatic heterocycles. The number of aryl methyl sites for hydroxylation is 4. The first-order chi connectivity index (χ1) is 14.4. The van der Waals surface area contributed by atoms with Crippen molar-refractivity contribution in [3.8, 4) is 17.1 Å². The maximum Gasteiger partial charge on any atom is 0.295 e. The molecule has 0 spiro atoms. The van der Waals surface area contributed by atoms with Crippen LogP contribution in [0.3, 0.4) is 0 Å². The minimum Gasteiger partial charge on any atom is -0.319 e. The monoisotopic (exact) mass is 396 g/mol. The summed E-state index contributed by atoms with van der Waals surface area (Å²) in [6.45, 7) is 8.07. The van der Waals surface area contributed by atoms with Crippen LogP contribution in [0, 0.1) is 27.7 Å². The van der Waals surface area contributed by atoms with Crippen LogP contribution in [0.1, 0.15) is 32.9 Å². The smallest absolute Gasteiger partial charge is 0.295 e. The molecule has 30 heavy (non-hydrogen) atoms. The number of carbonyl (C=O) groups is 1. The zero-order valence-electron chi connectivity index (χ0n) is 17.6. The molecule has 1 amide bonds. The van der Waals surface area contributed by atoms with E-state index in [4.69, 9.17) is 0 Å². The van der Waals surface area contributed by atoms with Gasteiger partial charge in [0, 0.05) is 11.3 Å². The second kappa shape index (κ2) is 7.95. The van der Waals surface area contributed by atoms with Crippen LogP contribution in [0.5, 0.6) is 0 Å². The van der Waals surface area contributed by atoms with Gasteiger partial charge in [-0.25, -0.2) is 9.67 Å². The maximum atomic E-state index is 12.9. The highest BCUT2D eigenvalue weighted by Crippen LogP contribution is 2.23. The highest BCUT2D eigenvalue weighted by Gasteiger charge is 2.19. The third-order valence-electron chi connectivity index (χ3n) is 5.03. The lowest BCUT2D eigenvalue weighted by molar-refractivity contribution is 0.101. The van der Waals surface area contributed by atoms with Crippen LogP contribution < -0.4 is 5.32 Å². The van der Waals surface area contributed by atoms with Gasteiger partial charge in [0.25, 0.3) is 5.91 Å². The molecule has 0 aliphatic heterocycles. The number of nitrogens with zero attached hydrogens (tertiary/aromatic N) is 3. The summed E-state index contributed by atoms with van der Waals surface area (Å²) in [6.07, 6.45) is 0. The Balaban J connectivity index is 1.75. The Morgan fingerprint density at radius 2 is 1.40 bits per heavy atom. The van der Waals surface area contributed by atoms with Crippen molar-refractivity contribution < 1.29 is 4.79 Å². The predicted octanol–water partition coefficient (Wildman–Crippen LogP) is 5.42. The molecule has 0 atom stereocenters. The van der Waals surface area contributed by atoms with Crippen LogP contribution >= 0.6 is 0 Å². The molecule has 1 N–H and O–H groups in total. The molecule has 0 bridgehead atoms. The van der Waals surface area contributed by atoms with Gasteiger partial charge in [0.15, 0.2) is 5.82 Å². The third-order valence-corrected chi connectivity index (χ3v) is 5.03. The van der Waals surface area contributed by atoms with E-state index in [0.717, 1.165) is 39.2 Å². The second-order valence-electron chi connectivity index (χ2n) is 7.64. The molecule has 0 radical (unpaired) electrons. The number of anilines is 1. The van der Waals surface area contributed by atoms with Crippen molar-refractivity contribution in [1.82, 2.24) is 14.8 Å². The van der Waals surface area contributed by atoms with E-state index >= 15 is 0 Å². The molecular formula is C25H24N4O. The van der Waals surface area contributed by atoms with Gasteiger partial charge >= 0.3 is 0 Å². The summed E-state index contributed by atoms with van der Waals surface area (Å²) >= 11 is 0. The zero-order chi connectivity index (χ0) is 21.3. The summed E-state index contributed by atoms with van der Waals surface area (Å²) in [7, 11) is 0. The normalized spacial score (nSPS) is 10.8. The van der Waals surface area contributed by atoms with Gasteiger partial charge in [-0.15, -0.1) is 5.10 Å². The Kier molecular flexibility index (Phi) is 5.19. The highest BCUT2D eigenvalue weighted by atomic mass is 16.2. The third kappa shape index (κ3) is 4.01. The number of nitrogens with one attached hydrogen (secondary N) is 1. The van der Waals surface area contributed by atoms with Crippen molar-refractivity contribution in [2.75, 3.05) is 5.32 Å². The van der Waals surface area contributed by atoms with Crippen LogP contribution in [0.4, 0.5) is 5.69 Å². The minimum atomic E-state index is -0.332. The van der Waals surface area contributed by atoms with E-state index < -0.39 is 0 Å². The van der Waals surface area contributed by atoms with Crippen molar-refractivity contribution in [2.24, 2.45) is 0 Å². The molecule has 0 saturated carbocycles. The molecule has 0 fully saturated rings. The van der Waals surface area contributed by atoms with Gasteiger partial charge in [0.2, 0.25) is 5.82 Å². The standard InChI is InChI=1S/C25H24N4O/c1-16-5-10-20(11-6-16)24-27-23(28-29(24)21-12-7-17(2)8-13-21)25(30)26-22-14-9-18(3)15-19(22)4/h5-15H,1-4H3,(H,26,30). The minimum absolute atomic E-state index is 0.131. The Bertz CT molecular complexity index is 1140. The molecule has 150 valence electrons. The first-order valence-corrected chi connectivity index (χ1v) is 9.90. The zero-order valence-corrected chi connectivity index (χ0v) is 17.6. The molecule has 1 heterocycles. The quantitative estimate of drug-likeness (QED) is 0.501. The summed E-state index contributed by atoms with van der Waals surface area (Å²) in [5.41, 5.74) is 6.98. The van der Waals surface area contributed by atoms with Gasteiger partial charge in [-0.1, -0.05) is 65.2 Å². The molecule has 5 heteroatoms. The van der Waals surface area contributed by atoms with E-state index in [1.807, 2.05) is 94.4 Å². The average molecular weight is 396 g/mol. The second-order valence-corrected chi connectivity index (χ2v) is 7.64. The number of rotatable bonds is 4. The molecule has 0 aliphatic carbocycles. The topological polar surface area (TPSA) is 59.8 Å². The Morgan fingerprint density at radius 1 is 0.800 bits per heavy atom. The number of hydrogen-bond donors (Lipinski definition) is 1. The van der Waals surface area contributed by atoms with Crippen molar-refractivity contribution >= 4 is 11.6 Å². The van der Waals surface area contributed by atoms with E-state index in [1.165, 1.54) is 0 Å². The van der Waals surface area contributed by atoms with Crippen LogP contribution in [0.25, 0.3) is 17.1 Å². The van der Waals surface area contributed by atoms with Crippen LogP contribution in [-0.4, -0.2) is 20.7 Å². The molecule has 5 nitrogen and oxygen atoms in total. The van der Waals surface area contributed by atoms with Crippen LogP contribution in [0.15, 0.2) is 66.7 Å². The summed E-state index contributed by atoms with van der Waals surface area (Å²) in [4.78, 5) is 17.5. The molecule has 0 unspecified atom stereocenters.